The highest BCUT2D eigenvalue weighted by molar-refractivity contribution is 7.99. The maximum Gasteiger partial charge on any atom is 0.230 e. The molecule has 2 aromatic rings. The molecular weight excluding hydrogens is 288 g/mol. The van der Waals surface area contributed by atoms with Crippen LogP contribution in [0.15, 0.2) is 41.0 Å². The van der Waals surface area contributed by atoms with E-state index in [1.54, 1.807) is 13.2 Å². The Morgan fingerprint density at radius 1 is 1.43 bits per heavy atom. The normalized spacial score (nSPS) is 12.1. The van der Waals surface area contributed by atoms with E-state index in [1.165, 1.54) is 11.8 Å². The molecule has 6 heteroatoms. The van der Waals surface area contributed by atoms with Gasteiger partial charge in [0.05, 0.1) is 17.6 Å². The van der Waals surface area contributed by atoms with E-state index in [0.29, 0.717) is 17.4 Å². The molecule has 0 saturated carbocycles. The third kappa shape index (κ3) is 5.24. The van der Waals surface area contributed by atoms with Crippen LogP contribution in [0.1, 0.15) is 12.6 Å². The van der Waals surface area contributed by atoms with Gasteiger partial charge in [-0.2, -0.15) is 0 Å². The van der Waals surface area contributed by atoms with Gasteiger partial charge in [-0.15, -0.1) is 11.8 Å². The van der Waals surface area contributed by atoms with Crippen LogP contribution in [0.5, 0.6) is 0 Å². The van der Waals surface area contributed by atoms with E-state index in [4.69, 9.17) is 9.52 Å². The van der Waals surface area contributed by atoms with Crippen molar-refractivity contribution in [2.75, 3.05) is 12.3 Å². The van der Waals surface area contributed by atoms with Crippen molar-refractivity contribution in [3.05, 3.63) is 42.3 Å². The van der Waals surface area contributed by atoms with Gasteiger partial charge in [0.15, 0.2) is 0 Å². The van der Waals surface area contributed by atoms with Crippen molar-refractivity contribution in [1.29, 1.82) is 0 Å². The maximum atomic E-state index is 11.5. The quantitative estimate of drug-likeness (QED) is 0.819. The van der Waals surface area contributed by atoms with Gasteiger partial charge in [0.1, 0.15) is 6.26 Å². The second-order valence-corrected chi connectivity index (χ2v) is 5.64. The molecule has 1 unspecified atom stereocenters. The molecule has 1 amide bonds. The molecule has 21 heavy (non-hydrogen) atoms. The Morgan fingerprint density at radius 2 is 2.19 bits per heavy atom. The number of aromatic nitrogens is 1. The van der Waals surface area contributed by atoms with Gasteiger partial charge in [-0.3, -0.25) is 4.79 Å². The second-order valence-electron chi connectivity index (χ2n) is 4.66. The summed E-state index contributed by atoms with van der Waals surface area (Å²) in [6.45, 7) is 1.91. The van der Waals surface area contributed by atoms with Crippen LogP contribution in [0.4, 0.5) is 0 Å². The first-order valence-electron chi connectivity index (χ1n) is 6.67. The predicted molar refractivity (Wildman–Crippen MR) is 82.8 cm³/mol. The summed E-state index contributed by atoms with van der Waals surface area (Å²) < 4.78 is 5.43. The van der Waals surface area contributed by atoms with Crippen molar-refractivity contribution in [1.82, 2.24) is 10.3 Å². The van der Waals surface area contributed by atoms with Crippen LogP contribution >= 0.6 is 11.8 Å². The Kier molecular flexibility index (Phi) is 5.83. The van der Waals surface area contributed by atoms with Crippen LogP contribution in [0.3, 0.4) is 0 Å². The Balaban J connectivity index is 1.77. The number of nitrogens with one attached hydrogen (secondary N) is 1. The summed E-state index contributed by atoms with van der Waals surface area (Å²) in [6, 6.07) is 9.68. The standard InChI is InChI=1S/C15H18N2O3S/c1-11(18)7-16-14(19)10-21-9-13-8-20-15(17-13)12-5-3-2-4-6-12/h2-6,8,11,18H,7,9-10H2,1H3,(H,16,19). The minimum atomic E-state index is -0.525. The third-order valence-corrected chi connectivity index (χ3v) is 3.62. The van der Waals surface area contributed by atoms with Gasteiger partial charge >= 0.3 is 0 Å². The molecule has 0 aliphatic carbocycles. The second kappa shape index (κ2) is 7.85. The first-order valence-corrected chi connectivity index (χ1v) is 7.83. The minimum Gasteiger partial charge on any atom is -0.444 e. The van der Waals surface area contributed by atoms with Crippen LogP contribution in [-0.2, 0) is 10.5 Å². The van der Waals surface area contributed by atoms with Gasteiger partial charge in [0.2, 0.25) is 11.8 Å². The lowest BCUT2D eigenvalue weighted by Crippen LogP contribution is -2.31. The van der Waals surface area contributed by atoms with Crippen molar-refractivity contribution >= 4 is 17.7 Å². The number of nitrogens with zero attached hydrogens (tertiary/aromatic N) is 1. The first kappa shape index (κ1) is 15.6. The molecule has 5 nitrogen and oxygen atoms in total. The Labute approximate surface area is 127 Å². The average Bonchev–Trinajstić information content (AvgIpc) is 2.95. The topological polar surface area (TPSA) is 75.4 Å². The number of hydrogen-bond donors (Lipinski definition) is 2. The number of hydrogen-bond acceptors (Lipinski definition) is 5. The number of carbonyl (C=O) groups is 1. The molecular formula is C15H18N2O3S. The zero-order valence-electron chi connectivity index (χ0n) is 11.8. The molecule has 0 aliphatic heterocycles. The fourth-order valence-electron chi connectivity index (χ4n) is 1.65. The van der Waals surface area contributed by atoms with Gasteiger partial charge in [-0.25, -0.2) is 4.98 Å². The number of oxazole rings is 1. The highest BCUT2D eigenvalue weighted by Crippen LogP contribution is 2.20. The van der Waals surface area contributed by atoms with E-state index >= 15 is 0 Å². The van der Waals surface area contributed by atoms with Crippen LogP contribution < -0.4 is 5.32 Å². The molecule has 1 aromatic carbocycles. The summed E-state index contributed by atoms with van der Waals surface area (Å²) in [4.78, 5) is 15.9. The molecule has 0 bridgehead atoms. The van der Waals surface area contributed by atoms with Crippen molar-refractivity contribution in [2.45, 2.75) is 18.8 Å². The summed E-state index contributed by atoms with van der Waals surface area (Å²) in [7, 11) is 0. The summed E-state index contributed by atoms with van der Waals surface area (Å²) >= 11 is 1.46. The highest BCUT2D eigenvalue weighted by Gasteiger charge is 2.08. The van der Waals surface area contributed by atoms with Gasteiger partial charge < -0.3 is 14.8 Å². The van der Waals surface area contributed by atoms with Crippen molar-refractivity contribution in [3.8, 4) is 11.5 Å². The zero-order valence-corrected chi connectivity index (χ0v) is 12.6. The van der Waals surface area contributed by atoms with Gasteiger partial charge in [-0.1, -0.05) is 18.2 Å². The molecule has 2 N–H and O–H groups in total. The van der Waals surface area contributed by atoms with Crippen molar-refractivity contribution < 1.29 is 14.3 Å². The van der Waals surface area contributed by atoms with Gasteiger partial charge in [0, 0.05) is 17.9 Å². The molecule has 1 aromatic heterocycles. The molecule has 0 saturated heterocycles. The molecule has 1 heterocycles. The summed E-state index contributed by atoms with van der Waals surface area (Å²) in [5, 5.41) is 11.7. The molecule has 0 fully saturated rings. The molecule has 2 rings (SSSR count). The monoisotopic (exact) mass is 306 g/mol. The predicted octanol–water partition coefficient (Wildman–Crippen LogP) is 2.07. The molecule has 112 valence electrons. The lowest BCUT2D eigenvalue weighted by Gasteiger charge is -2.06. The molecule has 0 spiro atoms. The highest BCUT2D eigenvalue weighted by atomic mass is 32.2. The van der Waals surface area contributed by atoms with Crippen LogP contribution in [0, 0.1) is 0 Å². The number of amides is 1. The summed E-state index contributed by atoms with van der Waals surface area (Å²) in [6.07, 6.45) is 1.09. The molecule has 0 aliphatic rings. The fraction of sp³-hybridized carbons (Fsp3) is 0.333. The van der Waals surface area contributed by atoms with E-state index in [0.717, 1.165) is 11.3 Å². The molecule has 0 radical (unpaired) electrons. The van der Waals surface area contributed by atoms with Gasteiger partial charge in [-0.05, 0) is 19.1 Å². The van der Waals surface area contributed by atoms with Crippen LogP contribution in [0.2, 0.25) is 0 Å². The number of benzene rings is 1. The zero-order chi connectivity index (χ0) is 15.1. The smallest absolute Gasteiger partial charge is 0.230 e. The average molecular weight is 306 g/mol. The van der Waals surface area contributed by atoms with E-state index in [1.807, 2.05) is 30.3 Å². The van der Waals surface area contributed by atoms with Crippen LogP contribution in [0.25, 0.3) is 11.5 Å². The van der Waals surface area contributed by atoms with E-state index in [-0.39, 0.29) is 12.5 Å². The summed E-state index contributed by atoms with van der Waals surface area (Å²) in [5.41, 5.74) is 1.74. The number of thioether (sulfide) groups is 1. The maximum absolute atomic E-state index is 11.5. The lowest BCUT2D eigenvalue weighted by molar-refractivity contribution is -0.118. The number of carbonyl (C=O) groups excluding carboxylic acids is 1. The lowest BCUT2D eigenvalue weighted by atomic mass is 10.2. The minimum absolute atomic E-state index is 0.0901. The third-order valence-electron chi connectivity index (χ3n) is 2.65. The number of aliphatic hydroxyl groups excluding tert-OH is 1. The molecule has 1 atom stereocenters. The van der Waals surface area contributed by atoms with Crippen molar-refractivity contribution in [2.24, 2.45) is 0 Å². The number of aliphatic hydroxyl groups is 1. The Hall–Kier alpha value is -1.79. The fourth-order valence-corrected chi connectivity index (χ4v) is 2.38. The van der Waals surface area contributed by atoms with Crippen molar-refractivity contribution in [3.63, 3.8) is 0 Å². The van der Waals surface area contributed by atoms with E-state index < -0.39 is 6.10 Å². The Bertz CT molecular complexity index is 569. The summed E-state index contributed by atoms with van der Waals surface area (Å²) in [5.74, 6) is 1.44. The SMILES string of the molecule is CC(O)CNC(=O)CSCc1coc(-c2ccccc2)n1. The largest absolute Gasteiger partial charge is 0.444 e. The van der Waals surface area contributed by atoms with Crippen LogP contribution in [-0.4, -0.2) is 34.4 Å². The first-order chi connectivity index (χ1) is 10.1. The van der Waals surface area contributed by atoms with E-state index in [2.05, 4.69) is 10.3 Å². The van der Waals surface area contributed by atoms with E-state index in [9.17, 15) is 4.79 Å². The number of rotatable bonds is 7. The van der Waals surface area contributed by atoms with Gasteiger partial charge in [0.25, 0.3) is 0 Å². The Morgan fingerprint density at radius 3 is 2.90 bits per heavy atom.